The van der Waals surface area contributed by atoms with Gasteiger partial charge in [-0.05, 0) is 44.4 Å². The molecular formula is C15H21F2NO. The number of nitrogens with one attached hydrogen (secondary N) is 1. The highest BCUT2D eigenvalue weighted by Crippen LogP contribution is 2.23. The standard InChI is InChI=1S/C15H21F2NO/c1-2-18-11-6-8-12(9-7-11)19-10-13-14(16)4-3-5-15(13)17/h3-5,11-12,18H,2,6-10H2,1H3. The maximum atomic E-state index is 13.4. The third-order valence-corrected chi connectivity index (χ3v) is 3.69. The minimum Gasteiger partial charge on any atom is -0.373 e. The molecule has 0 aromatic heterocycles. The van der Waals surface area contributed by atoms with Gasteiger partial charge in [0.25, 0.3) is 0 Å². The van der Waals surface area contributed by atoms with Crippen molar-refractivity contribution in [3.63, 3.8) is 0 Å². The van der Waals surface area contributed by atoms with Crippen molar-refractivity contribution < 1.29 is 13.5 Å². The van der Waals surface area contributed by atoms with Gasteiger partial charge in [0.05, 0.1) is 12.7 Å². The molecule has 1 aliphatic rings. The Balaban J connectivity index is 1.81. The molecule has 0 bridgehead atoms. The molecule has 1 N–H and O–H groups in total. The summed E-state index contributed by atoms with van der Waals surface area (Å²) in [5.74, 6) is -1.05. The van der Waals surface area contributed by atoms with Crippen molar-refractivity contribution in [1.82, 2.24) is 5.32 Å². The average Bonchev–Trinajstić information content (AvgIpc) is 2.40. The molecule has 106 valence electrons. The van der Waals surface area contributed by atoms with Gasteiger partial charge in [0, 0.05) is 11.6 Å². The van der Waals surface area contributed by atoms with Gasteiger partial charge in [-0.1, -0.05) is 13.0 Å². The van der Waals surface area contributed by atoms with E-state index in [0.717, 1.165) is 32.2 Å². The molecule has 0 atom stereocenters. The molecule has 0 heterocycles. The second-order valence-electron chi connectivity index (χ2n) is 5.04. The van der Waals surface area contributed by atoms with Crippen LogP contribution in [-0.4, -0.2) is 18.7 Å². The van der Waals surface area contributed by atoms with Crippen molar-refractivity contribution in [3.8, 4) is 0 Å². The van der Waals surface area contributed by atoms with E-state index in [0.29, 0.717) is 6.04 Å². The quantitative estimate of drug-likeness (QED) is 0.884. The van der Waals surface area contributed by atoms with Gasteiger partial charge in [0.2, 0.25) is 0 Å². The van der Waals surface area contributed by atoms with Crippen LogP contribution in [0.25, 0.3) is 0 Å². The topological polar surface area (TPSA) is 21.3 Å². The molecule has 1 aromatic rings. The first-order chi connectivity index (χ1) is 9.20. The first-order valence-electron chi connectivity index (χ1n) is 6.98. The van der Waals surface area contributed by atoms with Crippen molar-refractivity contribution in [3.05, 3.63) is 35.4 Å². The van der Waals surface area contributed by atoms with E-state index in [4.69, 9.17) is 4.74 Å². The Hall–Kier alpha value is -1.00. The highest BCUT2D eigenvalue weighted by atomic mass is 19.1. The Morgan fingerprint density at radius 2 is 1.79 bits per heavy atom. The summed E-state index contributed by atoms with van der Waals surface area (Å²) < 4.78 is 32.5. The molecule has 19 heavy (non-hydrogen) atoms. The van der Waals surface area contributed by atoms with Crippen LogP contribution in [0.15, 0.2) is 18.2 Å². The van der Waals surface area contributed by atoms with E-state index < -0.39 is 11.6 Å². The van der Waals surface area contributed by atoms with E-state index in [1.54, 1.807) is 0 Å². The summed E-state index contributed by atoms with van der Waals surface area (Å²) in [6.07, 6.45) is 4.16. The molecule has 2 rings (SSSR count). The van der Waals surface area contributed by atoms with E-state index in [-0.39, 0.29) is 18.3 Å². The fourth-order valence-corrected chi connectivity index (χ4v) is 2.59. The lowest BCUT2D eigenvalue weighted by atomic mass is 9.93. The smallest absolute Gasteiger partial charge is 0.131 e. The highest BCUT2D eigenvalue weighted by molar-refractivity contribution is 5.18. The van der Waals surface area contributed by atoms with Crippen LogP contribution in [0, 0.1) is 11.6 Å². The Morgan fingerprint density at radius 3 is 2.37 bits per heavy atom. The number of hydrogen-bond acceptors (Lipinski definition) is 2. The third-order valence-electron chi connectivity index (χ3n) is 3.69. The molecule has 1 aliphatic carbocycles. The second-order valence-corrected chi connectivity index (χ2v) is 5.04. The highest BCUT2D eigenvalue weighted by Gasteiger charge is 2.21. The van der Waals surface area contributed by atoms with Crippen LogP contribution < -0.4 is 5.32 Å². The molecule has 0 aliphatic heterocycles. The van der Waals surface area contributed by atoms with E-state index in [2.05, 4.69) is 12.2 Å². The van der Waals surface area contributed by atoms with Crippen LogP contribution >= 0.6 is 0 Å². The molecule has 0 amide bonds. The maximum Gasteiger partial charge on any atom is 0.131 e. The van der Waals surface area contributed by atoms with Gasteiger partial charge in [-0.15, -0.1) is 0 Å². The SMILES string of the molecule is CCNC1CCC(OCc2c(F)cccc2F)CC1. The van der Waals surface area contributed by atoms with Crippen molar-refractivity contribution >= 4 is 0 Å². The monoisotopic (exact) mass is 269 g/mol. The molecule has 0 spiro atoms. The summed E-state index contributed by atoms with van der Waals surface area (Å²) >= 11 is 0. The van der Waals surface area contributed by atoms with Crippen LogP contribution in [0.2, 0.25) is 0 Å². The third kappa shape index (κ3) is 3.98. The van der Waals surface area contributed by atoms with Crippen LogP contribution in [0.3, 0.4) is 0 Å². The molecule has 0 radical (unpaired) electrons. The first kappa shape index (κ1) is 14.4. The summed E-state index contributed by atoms with van der Waals surface area (Å²) in [5, 5.41) is 3.42. The number of rotatable bonds is 5. The van der Waals surface area contributed by atoms with Gasteiger partial charge in [-0.25, -0.2) is 8.78 Å². The van der Waals surface area contributed by atoms with E-state index in [1.807, 2.05) is 0 Å². The first-order valence-corrected chi connectivity index (χ1v) is 6.98. The lowest BCUT2D eigenvalue weighted by molar-refractivity contribution is 0.00895. The van der Waals surface area contributed by atoms with Gasteiger partial charge in [-0.3, -0.25) is 0 Å². The van der Waals surface area contributed by atoms with Crippen molar-refractivity contribution in [1.29, 1.82) is 0 Å². The van der Waals surface area contributed by atoms with E-state index in [9.17, 15) is 8.78 Å². The second kappa shape index (κ2) is 6.96. The number of benzene rings is 1. The van der Waals surface area contributed by atoms with Crippen molar-refractivity contribution in [2.24, 2.45) is 0 Å². The summed E-state index contributed by atoms with van der Waals surface area (Å²) in [6, 6.07) is 4.47. The zero-order chi connectivity index (χ0) is 13.7. The van der Waals surface area contributed by atoms with Crippen LogP contribution in [0.1, 0.15) is 38.2 Å². The molecule has 2 nitrogen and oxygen atoms in total. The average molecular weight is 269 g/mol. The summed E-state index contributed by atoms with van der Waals surface area (Å²) in [7, 11) is 0. The van der Waals surface area contributed by atoms with Crippen LogP contribution in [0.4, 0.5) is 8.78 Å². The predicted molar refractivity (Wildman–Crippen MR) is 70.9 cm³/mol. The minimum absolute atomic E-state index is 0.0229. The van der Waals surface area contributed by atoms with Crippen LogP contribution in [-0.2, 0) is 11.3 Å². The minimum atomic E-state index is -0.527. The fraction of sp³-hybridized carbons (Fsp3) is 0.600. The predicted octanol–water partition coefficient (Wildman–Crippen LogP) is 3.40. The summed E-state index contributed by atoms with van der Waals surface area (Å²) in [6.45, 7) is 3.11. The number of hydrogen-bond donors (Lipinski definition) is 1. The maximum absolute atomic E-state index is 13.4. The van der Waals surface area contributed by atoms with Gasteiger partial charge >= 0.3 is 0 Å². The number of ether oxygens (including phenoxy) is 1. The lowest BCUT2D eigenvalue weighted by Gasteiger charge is -2.29. The zero-order valence-corrected chi connectivity index (χ0v) is 11.3. The summed E-state index contributed by atoms with van der Waals surface area (Å²) in [5.41, 5.74) is 0.0382. The Morgan fingerprint density at radius 1 is 1.16 bits per heavy atom. The molecular weight excluding hydrogens is 248 g/mol. The lowest BCUT2D eigenvalue weighted by Crippen LogP contribution is -2.35. The molecule has 4 heteroatoms. The Bertz CT molecular complexity index is 383. The van der Waals surface area contributed by atoms with Crippen molar-refractivity contribution in [2.45, 2.75) is 51.4 Å². The molecule has 1 fully saturated rings. The molecule has 0 unspecified atom stereocenters. The number of halogens is 2. The molecule has 1 saturated carbocycles. The summed E-state index contributed by atoms with van der Waals surface area (Å²) in [4.78, 5) is 0. The van der Waals surface area contributed by atoms with Gasteiger partial charge < -0.3 is 10.1 Å². The molecule has 1 aromatic carbocycles. The normalized spacial score (nSPS) is 23.5. The van der Waals surface area contributed by atoms with Crippen molar-refractivity contribution in [2.75, 3.05) is 6.54 Å². The fourth-order valence-electron chi connectivity index (χ4n) is 2.59. The largest absolute Gasteiger partial charge is 0.373 e. The zero-order valence-electron chi connectivity index (χ0n) is 11.3. The Labute approximate surface area is 113 Å². The van der Waals surface area contributed by atoms with Gasteiger partial charge in [0.1, 0.15) is 11.6 Å². The van der Waals surface area contributed by atoms with Gasteiger partial charge in [-0.2, -0.15) is 0 Å². The Kier molecular flexibility index (Phi) is 5.28. The van der Waals surface area contributed by atoms with E-state index in [1.165, 1.54) is 18.2 Å². The molecule has 0 saturated heterocycles. The van der Waals surface area contributed by atoms with Crippen LogP contribution in [0.5, 0.6) is 0 Å². The van der Waals surface area contributed by atoms with E-state index >= 15 is 0 Å². The van der Waals surface area contributed by atoms with Gasteiger partial charge in [0.15, 0.2) is 0 Å².